The predicted octanol–water partition coefficient (Wildman–Crippen LogP) is 3.20. The van der Waals surface area contributed by atoms with Gasteiger partial charge in [0, 0.05) is 11.9 Å². The van der Waals surface area contributed by atoms with Crippen molar-refractivity contribution in [2.24, 2.45) is 0 Å². The van der Waals surface area contributed by atoms with Gasteiger partial charge in [0.05, 0.1) is 10.9 Å². The van der Waals surface area contributed by atoms with Crippen molar-refractivity contribution in [1.29, 1.82) is 0 Å². The summed E-state index contributed by atoms with van der Waals surface area (Å²) in [5.41, 5.74) is 0. The van der Waals surface area contributed by atoms with Gasteiger partial charge in [0.25, 0.3) is 5.91 Å². The third-order valence-corrected chi connectivity index (χ3v) is 4.72. The molecule has 1 amide bonds. The number of thiophene rings is 2. The normalized spacial score (nSPS) is 10.4. The Morgan fingerprint density at radius 3 is 2.76 bits per heavy atom. The van der Waals surface area contributed by atoms with Crippen LogP contribution in [0.2, 0.25) is 4.34 Å². The molecule has 2 aromatic heterocycles. The van der Waals surface area contributed by atoms with Gasteiger partial charge in [-0.2, -0.15) is 0 Å². The molecule has 0 saturated carbocycles. The van der Waals surface area contributed by atoms with Gasteiger partial charge in [-0.1, -0.05) is 11.6 Å². The first-order chi connectivity index (χ1) is 9.97. The van der Waals surface area contributed by atoms with E-state index in [0.29, 0.717) is 10.9 Å². The number of halogens is 1. The summed E-state index contributed by atoms with van der Waals surface area (Å²) in [6.45, 7) is 0.238. The minimum absolute atomic E-state index is 0.0930. The standard InChI is InChI=1S/C13H12ClNO4S2/c1-15(6-8-2-3-10(14)21-8)11(16)7-19-9-4-5-20-12(9)13(17)18/h2-5H,6-7H2,1H3,(H,17,18). The molecule has 0 aliphatic heterocycles. The Kier molecular flexibility index (Phi) is 5.22. The molecule has 0 bridgehead atoms. The zero-order chi connectivity index (χ0) is 15.4. The second-order valence-corrected chi connectivity index (χ2v) is 6.88. The van der Waals surface area contributed by atoms with Crippen LogP contribution in [0.5, 0.6) is 5.75 Å². The quantitative estimate of drug-likeness (QED) is 0.873. The molecule has 112 valence electrons. The Labute approximate surface area is 134 Å². The van der Waals surface area contributed by atoms with Crippen LogP contribution in [0.3, 0.4) is 0 Å². The van der Waals surface area contributed by atoms with Gasteiger partial charge in [0.15, 0.2) is 11.5 Å². The number of carboxylic acids is 1. The molecule has 1 N–H and O–H groups in total. The molecule has 0 saturated heterocycles. The first-order valence-electron chi connectivity index (χ1n) is 5.89. The highest BCUT2D eigenvalue weighted by molar-refractivity contribution is 7.16. The fraction of sp³-hybridized carbons (Fsp3) is 0.231. The predicted molar refractivity (Wildman–Crippen MR) is 82.6 cm³/mol. The Morgan fingerprint density at radius 1 is 1.38 bits per heavy atom. The van der Waals surface area contributed by atoms with Crippen molar-refractivity contribution in [1.82, 2.24) is 4.90 Å². The van der Waals surface area contributed by atoms with Crippen LogP contribution >= 0.6 is 34.3 Å². The van der Waals surface area contributed by atoms with Gasteiger partial charge >= 0.3 is 5.97 Å². The molecule has 0 aromatic carbocycles. The van der Waals surface area contributed by atoms with E-state index in [4.69, 9.17) is 21.4 Å². The third kappa shape index (κ3) is 4.20. The summed E-state index contributed by atoms with van der Waals surface area (Å²) < 4.78 is 5.95. The number of likely N-dealkylation sites (N-methyl/N-ethyl adjacent to an activating group) is 1. The maximum atomic E-state index is 12.0. The SMILES string of the molecule is CN(Cc1ccc(Cl)s1)C(=O)COc1ccsc1C(=O)O. The van der Waals surface area contributed by atoms with Gasteiger partial charge in [0.2, 0.25) is 0 Å². The molecule has 0 aliphatic carbocycles. The van der Waals surface area contributed by atoms with Crippen LogP contribution in [0, 0.1) is 0 Å². The average molecular weight is 346 g/mol. The Balaban J connectivity index is 1.89. The number of ether oxygens (including phenoxy) is 1. The smallest absolute Gasteiger partial charge is 0.349 e. The van der Waals surface area contributed by atoms with Crippen LogP contribution in [-0.2, 0) is 11.3 Å². The van der Waals surface area contributed by atoms with Gasteiger partial charge in [-0.25, -0.2) is 4.79 Å². The summed E-state index contributed by atoms with van der Waals surface area (Å²) in [5, 5.41) is 10.6. The fourth-order valence-corrected chi connectivity index (χ4v) is 3.39. The van der Waals surface area contributed by atoms with Gasteiger partial charge in [-0.3, -0.25) is 4.79 Å². The molecule has 0 aliphatic rings. The van der Waals surface area contributed by atoms with E-state index in [0.717, 1.165) is 16.2 Å². The molecule has 0 fully saturated rings. The summed E-state index contributed by atoms with van der Waals surface area (Å²) in [6.07, 6.45) is 0. The number of carbonyl (C=O) groups is 2. The van der Waals surface area contributed by atoms with E-state index in [1.54, 1.807) is 24.6 Å². The Hall–Kier alpha value is -1.57. The summed E-state index contributed by atoms with van der Waals surface area (Å²) in [4.78, 5) is 25.5. The first kappa shape index (κ1) is 15.8. The van der Waals surface area contributed by atoms with E-state index in [1.807, 2.05) is 6.07 Å². The van der Waals surface area contributed by atoms with Crippen LogP contribution in [0.4, 0.5) is 0 Å². The molecule has 0 unspecified atom stereocenters. The molecule has 2 rings (SSSR count). The van der Waals surface area contributed by atoms with Gasteiger partial charge < -0.3 is 14.7 Å². The molecule has 0 radical (unpaired) electrons. The van der Waals surface area contributed by atoms with Crippen LogP contribution in [0.15, 0.2) is 23.6 Å². The highest BCUT2D eigenvalue weighted by atomic mass is 35.5. The topological polar surface area (TPSA) is 66.8 Å². The number of aromatic carboxylic acids is 1. The van der Waals surface area contributed by atoms with Gasteiger partial charge in [0.1, 0.15) is 5.75 Å². The van der Waals surface area contributed by atoms with Crippen molar-refractivity contribution in [3.63, 3.8) is 0 Å². The van der Waals surface area contributed by atoms with Crippen LogP contribution in [0.1, 0.15) is 14.5 Å². The lowest BCUT2D eigenvalue weighted by molar-refractivity contribution is -0.132. The molecule has 0 spiro atoms. The molecule has 2 heterocycles. The fourth-order valence-electron chi connectivity index (χ4n) is 1.58. The van der Waals surface area contributed by atoms with Crippen LogP contribution < -0.4 is 4.74 Å². The molecular formula is C13H12ClNO4S2. The lowest BCUT2D eigenvalue weighted by Crippen LogP contribution is -2.30. The molecule has 2 aromatic rings. The molecule has 8 heteroatoms. The third-order valence-electron chi connectivity index (χ3n) is 2.62. The van der Waals surface area contributed by atoms with Crippen molar-refractivity contribution in [3.05, 3.63) is 37.7 Å². The first-order valence-corrected chi connectivity index (χ1v) is 7.96. The van der Waals surface area contributed by atoms with Gasteiger partial charge in [-0.05, 0) is 23.6 Å². The minimum Gasteiger partial charge on any atom is -0.482 e. The summed E-state index contributed by atoms with van der Waals surface area (Å²) >= 11 is 8.31. The second-order valence-electron chi connectivity index (χ2n) is 4.16. The molecule has 5 nitrogen and oxygen atoms in total. The summed E-state index contributed by atoms with van der Waals surface area (Å²) in [6, 6.07) is 5.18. The largest absolute Gasteiger partial charge is 0.482 e. The number of rotatable bonds is 6. The van der Waals surface area contributed by atoms with E-state index in [1.165, 1.54) is 16.2 Å². The number of hydrogen-bond acceptors (Lipinski definition) is 5. The zero-order valence-electron chi connectivity index (χ0n) is 11.0. The number of carbonyl (C=O) groups excluding carboxylic acids is 1. The van der Waals surface area contributed by atoms with E-state index < -0.39 is 5.97 Å². The monoisotopic (exact) mass is 345 g/mol. The Morgan fingerprint density at radius 2 is 2.14 bits per heavy atom. The number of carboxylic acid groups (broad SMARTS) is 1. The van der Waals surface area contributed by atoms with E-state index >= 15 is 0 Å². The van der Waals surface area contributed by atoms with E-state index in [2.05, 4.69) is 0 Å². The highest BCUT2D eigenvalue weighted by Gasteiger charge is 2.16. The zero-order valence-corrected chi connectivity index (χ0v) is 13.4. The highest BCUT2D eigenvalue weighted by Crippen LogP contribution is 2.25. The van der Waals surface area contributed by atoms with Crippen LogP contribution in [0.25, 0.3) is 0 Å². The van der Waals surface area contributed by atoms with E-state index in [9.17, 15) is 9.59 Å². The summed E-state index contributed by atoms with van der Waals surface area (Å²) in [5.74, 6) is -1.08. The number of amides is 1. The summed E-state index contributed by atoms with van der Waals surface area (Å²) in [7, 11) is 1.66. The maximum absolute atomic E-state index is 12.0. The number of nitrogens with zero attached hydrogens (tertiary/aromatic N) is 1. The van der Waals surface area contributed by atoms with Crippen LogP contribution in [-0.4, -0.2) is 35.5 Å². The van der Waals surface area contributed by atoms with Crippen molar-refractivity contribution < 1.29 is 19.4 Å². The van der Waals surface area contributed by atoms with Crippen molar-refractivity contribution >= 4 is 46.2 Å². The Bertz CT molecular complexity index is 652. The molecule has 21 heavy (non-hydrogen) atoms. The molecule has 0 atom stereocenters. The lowest BCUT2D eigenvalue weighted by atomic mass is 10.4. The number of hydrogen-bond donors (Lipinski definition) is 1. The maximum Gasteiger partial charge on any atom is 0.349 e. The minimum atomic E-state index is -1.06. The average Bonchev–Trinajstić information content (AvgIpc) is 3.04. The van der Waals surface area contributed by atoms with E-state index in [-0.39, 0.29) is 23.1 Å². The van der Waals surface area contributed by atoms with Crippen molar-refractivity contribution in [2.75, 3.05) is 13.7 Å². The van der Waals surface area contributed by atoms with Gasteiger partial charge in [-0.15, -0.1) is 22.7 Å². The van der Waals surface area contributed by atoms with Crippen molar-refractivity contribution in [3.8, 4) is 5.75 Å². The molecular weight excluding hydrogens is 334 g/mol. The van der Waals surface area contributed by atoms with Crippen molar-refractivity contribution in [2.45, 2.75) is 6.54 Å². The second kappa shape index (κ2) is 6.93. The lowest BCUT2D eigenvalue weighted by Gasteiger charge is -2.16.